The lowest BCUT2D eigenvalue weighted by Gasteiger charge is -2.17. The molecule has 1 heterocycles. The van der Waals surface area contributed by atoms with Gasteiger partial charge in [0.15, 0.2) is 6.10 Å². The van der Waals surface area contributed by atoms with Crippen LogP contribution in [0.5, 0.6) is 5.75 Å². The molecule has 0 aliphatic heterocycles. The summed E-state index contributed by atoms with van der Waals surface area (Å²) in [6.45, 7) is 8.14. The first-order chi connectivity index (χ1) is 13.5. The number of ether oxygens (including phenoxy) is 1. The summed E-state index contributed by atoms with van der Waals surface area (Å²) in [6, 6.07) is 13.7. The van der Waals surface area contributed by atoms with Crippen LogP contribution in [0, 0.1) is 20.8 Å². The predicted molar refractivity (Wildman–Crippen MR) is 107 cm³/mol. The first-order valence-electron chi connectivity index (χ1n) is 9.37. The molecule has 3 rings (SSSR count). The number of nitrogens with one attached hydrogen (secondary N) is 1. The summed E-state index contributed by atoms with van der Waals surface area (Å²) in [7, 11) is 0. The summed E-state index contributed by atoms with van der Waals surface area (Å²) < 4.78 is 11.1. The molecule has 146 valence electrons. The molecule has 0 saturated heterocycles. The van der Waals surface area contributed by atoms with E-state index in [0.29, 0.717) is 23.9 Å². The quantitative estimate of drug-likeness (QED) is 0.668. The number of amides is 1. The van der Waals surface area contributed by atoms with E-state index in [-0.39, 0.29) is 12.5 Å². The highest BCUT2D eigenvalue weighted by Gasteiger charge is 2.19. The van der Waals surface area contributed by atoms with Crippen LogP contribution in [0.3, 0.4) is 0 Å². The van der Waals surface area contributed by atoms with Crippen LogP contribution >= 0.6 is 0 Å². The second kappa shape index (κ2) is 8.69. The smallest absolute Gasteiger partial charge is 0.261 e. The van der Waals surface area contributed by atoms with Crippen molar-refractivity contribution in [2.75, 3.05) is 0 Å². The summed E-state index contributed by atoms with van der Waals surface area (Å²) >= 11 is 0. The van der Waals surface area contributed by atoms with Gasteiger partial charge in [-0.3, -0.25) is 4.79 Å². The Hall–Kier alpha value is -3.15. The molecule has 0 unspecified atom stereocenters. The first-order valence-corrected chi connectivity index (χ1v) is 9.37. The van der Waals surface area contributed by atoms with Crippen LogP contribution < -0.4 is 10.1 Å². The number of hydrogen-bond acceptors (Lipinski definition) is 5. The minimum absolute atomic E-state index is 0.157. The number of carbonyl (C=O) groups excluding carboxylic acids is 1. The van der Waals surface area contributed by atoms with Gasteiger partial charge in [-0.15, -0.1) is 0 Å². The molecule has 1 atom stereocenters. The standard InChI is InChI=1S/C22H25N3O3/c1-5-19(27-18-11-8-15(3)16(4)12-18)22(26)23-13-20-24-21(25-28-20)17-9-6-14(2)7-10-17/h6-12,19H,5,13H2,1-4H3,(H,23,26)/t19-/m1/s1. The Bertz CT molecular complexity index is 948. The van der Waals surface area contributed by atoms with E-state index < -0.39 is 6.10 Å². The van der Waals surface area contributed by atoms with Gasteiger partial charge in [-0.2, -0.15) is 4.98 Å². The van der Waals surface area contributed by atoms with Gasteiger partial charge in [-0.25, -0.2) is 0 Å². The van der Waals surface area contributed by atoms with Gasteiger partial charge in [-0.1, -0.05) is 48.0 Å². The van der Waals surface area contributed by atoms with E-state index in [0.717, 1.165) is 16.7 Å². The number of benzene rings is 2. The third kappa shape index (κ3) is 4.76. The molecule has 0 bridgehead atoms. The van der Waals surface area contributed by atoms with Crippen molar-refractivity contribution in [3.8, 4) is 17.1 Å². The Morgan fingerprint density at radius 2 is 1.86 bits per heavy atom. The molecule has 0 aliphatic carbocycles. The van der Waals surface area contributed by atoms with Crippen molar-refractivity contribution in [1.29, 1.82) is 0 Å². The molecule has 0 fully saturated rings. The summed E-state index contributed by atoms with van der Waals surface area (Å²) in [5.41, 5.74) is 4.35. The van der Waals surface area contributed by atoms with Crippen molar-refractivity contribution in [3.63, 3.8) is 0 Å². The Balaban J connectivity index is 1.59. The van der Waals surface area contributed by atoms with Crippen molar-refractivity contribution in [1.82, 2.24) is 15.5 Å². The molecule has 1 N–H and O–H groups in total. The van der Waals surface area contributed by atoms with E-state index in [9.17, 15) is 4.79 Å². The average molecular weight is 379 g/mol. The van der Waals surface area contributed by atoms with Crippen LogP contribution in [0.25, 0.3) is 11.4 Å². The lowest BCUT2D eigenvalue weighted by atomic mass is 10.1. The Labute approximate surface area is 164 Å². The Morgan fingerprint density at radius 3 is 2.54 bits per heavy atom. The molecule has 0 spiro atoms. The van der Waals surface area contributed by atoms with Crippen LogP contribution in [0.4, 0.5) is 0 Å². The highest BCUT2D eigenvalue weighted by atomic mass is 16.5. The van der Waals surface area contributed by atoms with Crippen LogP contribution in [-0.2, 0) is 11.3 Å². The van der Waals surface area contributed by atoms with Crippen LogP contribution in [0.2, 0.25) is 0 Å². The third-order valence-electron chi connectivity index (χ3n) is 4.61. The summed E-state index contributed by atoms with van der Waals surface area (Å²) in [6.07, 6.45) is -0.0291. The van der Waals surface area contributed by atoms with Gasteiger partial charge in [0.2, 0.25) is 11.7 Å². The minimum Gasteiger partial charge on any atom is -0.481 e. The summed E-state index contributed by atoms with van der Waals surface area (Å²) in [5, 5.41) is 6.79. The largest absolute Gasteiger partial charge is 0.481 e. The maximum absolute atomic E-state index is 12.5. The van der Waals surface area contributed by atoms with Crippen LogP contribution in [-0.4, -0.2) is 22.2 Å². The van der Waals surface area contributed by atoms with Gasteiger partial charge in [0.25, 0.3) is 5.91 Å². The van der Waals surface area contributed by atoms with E-state index in [4.69, 9.17) is 9.26 Å². The molecule has 28 heavy (non-hydrogen) atoms. The molecular formula is C22H25N3O3. The van der Waals surface area contributed by atoms with E-state index in [1.165, 1.54) is 5.56 Å². The van der Waals surface area contributed by atoms with Gasteiger partial charge in [0, 0.05) is 5.56 Å². The van der Waals surface area contributed by atoms with E-state index in [2.05, 4.69) is 15.5 Å². The van der Waals surface area contributed by atoms with Crippen molar-refractivity contribution in [2.24, 2.45) is 0 Å². The average Bonchev–Trinajstić information content (AvgIpc) is 3.16. The van der Waals surface area contributed by atoms with Gasteiger partial charge in [0.1, 0.15) is 5.75 Å². The van der Waals surface area contributed by atoms with Gasteiger partial charge < -0.3 is 14.6 Å². The van der Waals surface area contributed by atoms with Gasteiger partial charge >= 0.3 is 0 Å². The molecule has 6 heteroatoms. The maximum Gasteiger partial charge on any atom is 0.261 e. The molecule has 1 aromatic heterocycles. The minimum atomic E-state index is -0.582. The molecule has 2 aromatic carbocycles. The molecule has 1 amide bonds. The van der Waals surface area contributed by atoms with E-state index >= 15 is 0 Å². The highest BCUT2D eigenvalue weighted by molar-refractivity contribution is 5.81. The highest BCUT2D eigenvalue weighted by Crippen LogP contribution is 2.19. The fourth-order valence-electron chi connectivity index (χ4n) is 2.70. The predicted octanol–water partition coefficient (Wildman–Crippen LogP) is 4.14. The number of rotatable bonds is 7. The second-order valence-electron chi connectivity index (χ2n) is 6.86. The number of nitrogens with zero attached hydrogens (tertiary/aromatic N) is 2. The number of carbonyl (C=O) groups is 1. The zero-order valence-electron chi connectivity index (χ0n) is 16.7. The van der Waals surface area contributed by atoms with E-state index in [1.807, 2.05) is 70.2 Å². The summed E-state index contributed by atoms with van der Waals surface area (Å²) in [4.78, 5) is 16.8. The monoisotopic (exact) mass is 379 g/mol. The van der Waals surface area contributed by atoms with Gasteiger partial charge in [0.05, 0.1) is 6.54 Å². The zero-order chi connectivity index (χ0) is 20.1. The first kappa shape index (κ1) is 19.6. The molecule has 0 saturated carbocycles. The third-order valence-corrected chi connectivity index (χ3v) is 4.61. The molecule has 0 aliphatic rings. The normalized spacial score (nSPS) is 11.9. The van der Waals surface area contributed by atoms with Crippen LogP contribution in [0.1, 0.15) is 35.9 Å². The molecule has 0 radical (unpaired) electrons. The lowest BCUT2D eigenvalue weighted by Crippen LogP contribution is -2.37. The Morgan fingerprint density at radius 1 is 1.11 bits per heavy atom. The Kier molecular flexibility index (Phi) is 6.09. The maximum atomic E-state index is 12.5. The summed E-state index contributed by atoms with van der Waals surface area (Å²) in [5.74, 6) is 1.33. The van der Waals surface area contributed by atoms with Crippen molar-refractivity contribution < 1.29 is 14.1 Å². The van der Waals surface area contributed by atoms with Crippen molar-refractivity contribution >= 4 is 5.91 Å². The molecule has 6 nitrogen and oxygen atoms in total. The topological polar surface area (TPSA) is 77.2 Å². The van der Waals surface area contributed by atoms with E-state index in [1.54, 1.807) is 0 Å². The fraction of sp³-hybridized carbons (Fsp3) is 0.318. The zero-order valence-corrected chi connectivity index (χ0v) is 16.7. The van der Waals surface area contributed by atoms with Crippen molar-refractivity contribution in [3.05, 3.63) is 65.0 Å². The van der Waals surface area contributed by atoms with Crippen LogP contribution in [0.15, 0.2) is 47.0 Å². The second-order valence-corrected chi connectivity index (χ2v) is 6.86. The van der Waals surface area contributed by atoms with Crippen molar-refractivity contribution in [2.45, 2.75) is 46.8 Å². The SMILES string of the molecule is CC[C@@H](Oc1ccc(C)c(C)c1)C(=O)NCc1nc(-c2ccc(C)cc2)no1. The number of aromatic nitrogens is 2. The lowest BCUT2D eigenvalue weighted by molar-refractivity contribution is -0.128. The molecule has 3 aromatic rings. The molecular weight excluding hydrogens is 354 g/mol. The van der Waals surface area contributed by atoms with Gasteiger partial charge in [-0.05, 0) is 50.5 Å². The number of hydrogen-bond donors (Lipinski definition) is 1. The fourth-order valence-corrected chi connectivity index (χ4v) is 2.70. The number of aryl methyl sites for hydroxylation is 3.